The molecule has 4 nitrogen and oxygen atoms in total. The van der Waals surface area contributed by atoms with Crippen LogP contribution in [-0.2, 0) is 4.79 Å². The van der Waals surface area contributed by atoms with Crippen LogP contribution in [-0.4, -0.2) is 18.6 Å². The van der Waals surface area contributed by atoms with Gasteiger partial charge < -0.3 is 10.1 Å². The zero-order chi connectivity index (χ0) is 13.7. The average molecular weight is 258 g/mol. The van der Waals surface area contributed by atoms with Gasteiger partial charge in [-0.15, -0.1) is 0 Å². The van der Waals surface area contributed by atoms with Crippen LogP contribution in [0.25, 0.3) is 0 Å². The lowest BCUT2D eigenvalue weighted by molar-refractivity contribution is -0.121. The Kier molecular flexibility index (Phi) is 4.40. The maximum absolute atomic E-state index is 11.8. The fourth-order valence-corrected chi connectivity index (χ4v) is 1.93. The number of ether oxygens (including phenoxy) is 1. The maximum atomic E-state index is 11.8. The molecule has 100 valence electrons. The molecule has 0 aromatic heterocycles. The molecule has 1 N–H and O–H groups in total. The van der Waals surface area contributed by atoms with E-state index < -0.39 is 5.92 Å². The molecule has 1 aliphatic rings. The minimum atomic E-state index is -0.417. The number of nitriles is 1. The molecule has 0 saturated heterocycles. The van der Waals surface area contributed by atoms with E-state index in [1.807, 2.05) is 31.2 Å². The van der Waals surface area contributed by atoms with Crippen molar-refractivity contribution in [2.45, 2.75) is 38.1 Å². The highest BCUT2D eigenvalue weighted by atomic mass is 16.5. The van der Waals surface area contributed by atoms with Crippen LogP contribution in [0.3, 0.4) is 0 Å². The number of nitrogens with one attached hydrogen (secondary N) is 1. The molecule has 2 rings (SSSR count). The van der Waals surface area contributed by atoms with Gasteiger partial charge in [0.1, 0.15) is 5.75 Å². The lowest BCUT2D eigenvalue weighted by Gasteiger charge is -2.11. The number of carbonyl (C=O) groups excluding carboxylic acids is 1. The van der Waals surface area contributed by atoms with Crippen molar-refractivity contribution in [3.8, 4) is 11.8 Å². The molecule has 1 aliphatic carbocycles. The van der Waals surface area contributed by atoms with E-state index in [0.717, 1.165) is 24.2 Å². The number of hydrogen-bond acceptors (Lipinski definition) is 3. The molecule has 4 heteroatoms. The van der Waals surface area contributed by atoms with E-state index in [2.05, 4.69) is 11.4 Å². The smallest absolute Gasteiger partial charge is 0.221 e. The number of carbonyl (C=O) groups is 1. The largest absolute Gasteiger partial charge is 0.494 e. The lowest BCUT2D eigenvalue weighted by atomic mass is 9.96. The summed E-state index contributed by atoms with van der Waals surface area (Å²) in [5.41, 5.74) is 0.833. The fourth-order valence-electron chi connectivity index (χ4n) is 1.93. The van der Waals surface area contributed by atoms with Crippen LogP contribution in [0.15, 0.2) is 24.3 Å². The van der Waals surface area contributed by atoms with Crippen LogP contribution >= 0.6 is 0 Å². The van der Waals surface area contributed by atoms with E-state index in [1.54, 1.807) is 0 Å². The molecule has 1 aromatic carbocycles. The molecule has 1 amide bonds. The molecular weight excluding hydrogens is 240 g/mol. The predicted octanol–water partition coefficient (Wildman–Crippen LogP) is 2.36. The monoisotopic (exact) mass is 258 g/mol. The van der Waals surface area contributed by atoms with Crippen LogP contribution < -0.4 is 10.1 Å². The Labute approximate surface area is 113 Å². The van der Waals surface area contributed by atoms with Gasteiger partial charge in [-0.3, -0.25) is 4.79 Å². The van der Waals surface area contributed by atoms with Gasteiger partial charge in [0, 0.05) is 12.5 Å². The van der Waals surface area contributed by atoms with Crippen molar-refractivity contribution in [3.05, 3.63) is 29.8 Å². The first-order chi connectivity index (χ1) is 9.22. The molecule has 0 spiro atoms. The van der Waals surface area contributed by atoms with Gasteiger partial charge in [-0.1, -0.05) is 12.1 Å². The van der Waals surface area contributed by atoms with Crippen LogP contribution in [0.2, 0.25) is 0 Å². The minimum Gasteiger partial charge on any atom is -0.494 e. The Hall–Kier alpha value is -2.02. The van der Waals surface area contributed by atoms with Crippen molar-refractivity contribution >= 4 is 5.91 Å². The van der Waals surface area contributed by atoms with Gasteiger partial charge in [-0.2, -0.15) is 5.26 Å². The third-order valence-corrected chi connectivity index (χ3v) is 3.06. The van der Waals surface area contributed by atoms with Crippen molar-refractivity contribution < 1.29 is 9.53 Å². The SMILES string of the molecule is CCOc1cccc(C(C#N)CC(=O)NC2CC2)c1. The number of amides is 1. The summed E-state index contributed by atoms with van der Waals surface area (Å²) in [6.45, 7) is 2.50. The minimum absolute atomic E-state index is 0.0455. The molecule has 1 atom stereocenters. The van der Waals surface area contributed by atoms with E-state index >= 15 is 0 Å². The second kappa shape index (κ2) is 6.24. The molecule has 1 unspecified atom stereocenters. The van der Waals surface area contributed by atoms with Crippen LogP contribution in [0.4, 0.5) is 0 Å². The highest BCUT2D eigenvalue weighted by Gasteiger charge is 2.25. The molecule has 19 heavy (non-hydrogen) atoms. The van der Waals surface area contributed by atoms with Crippen molar-refractivity contribution in [1.29, 1.82) is 5.26 Å². The van der Waals surface area contributed by atoms with Crippen LogP contribution in [0.5, 0.6) is 5.75 Å². The van der Waals surface area contributed by atoms with Gasteiger partial charge in [-0.25, -0.2) is 0 Å². The Morgan fingerprint density at radius 3 is 3.00 bits per heavy atom. The summed E-state index contributed by atoms with van der Waals surface area (Å²) in [6, 6.07) is 9.93. The van der Waals surface area contributed by atoms with Crippen LogP contribution in [0, 0.1) is 11.3 Å². The quantitative estimate of drug-likeness (QED) is 0.852. The Morgan fingerprint density at radius 1 is 1.58 bits per heavy atom. The van der Waals surface area contributed by atoms with Crippen LogP contribution in [0.1, 0.15) is 37.7 Å². The maximum Gasteiger partial charge on any atom is 0.221 e. The molecule has 0 bridgehead atoms. The second-order valence-electron chi connectivity index (χ2n) is 4.73. The number of nitrogens with zero attached hydrogens (tertiary/aromatic N) is 1. The summed E-state index contributed by atoms with van der Waals surface area (Å²) in [5, 5.41) is 12.1. The van der Waals surface area contributed by atoms with E-state index in [-0.39, 0.29) is 12.3 Å². The molecule has 0 heterocycles. The first-order valence-corrected chi connectivity index (χ1v) is 6.64. The predicted molar refractivity (Wildman–Crippen MR) is 71.7 cm³/mol. The van der Waals surface area contributed by atoms with Gasteiger partial charge in [0.15, 0.2) is 0 Å². The molecule has 0 aliphatic heterocycles. The van der Waals surface area contributed by atoms with Crippen molar-refractivity contribution in [2.75, 3.05) is 6.61 Å². The Balaban J connectivity index is 2.01. The standard InChI is InChI=1S/C15H18N2O2/c1-2-19-14-5-3-4-11(8-14)12(10-16)9-15(18)17-13-6-7-13/h3-5,8,12-13H,2,6-7,9H2,1H3,(H,17,18). The van der Waals surface area contributed by atoms with Gasteiger partial charge in [0.2, 0.25) is 5.91 Å². The number of hydrogen-bond donors (Lipinski definition) is 1. The second-order valence-corrected chi connectivity index (χ2v) is 4.73. The fraction of sp³-hybridized carbons (Fsp3) is 0.467. The van der Waals surface area contributed by atoms with E-state index in [0.29, 0.717) is 12.6 Å². The van der Waals surface area contributed by atoms with Gasteiger partial charge in [0.05, 0.1) is 18.6 Å². The summed E-state index contributed by atoms with van der Waals surface area (Å²) >= 11 is 0. The normalized spacial score (nSPS) is 15.4. The Bertz CT molecular complexity index is 489. The van der Waals surface area contributed by atoms with Crippen molar-refractivity contribution in [1.82, 2.24) is 5.32 Å². The third-order valence-electron chi connectivity index (χ3n) is 3.06. The third kappa shape index (κ3) is 3.99. The molecule has 1 fully saturated rings. The number of benzene rings is 1. The summed E-state index contributed by atoms with van der Waals surface area (Å²) in [5.74, 6) is 0.276. The molecular formula is C15H18N2O2. The van der Waals surface area contributed by atoms with Gasteiger partial charge >= 0.3 is 0 Å². The molecule has 1 saturated carbocycles. The molecule has 0 radical (unpaired) electrons. The zero-order valence-electron chi connectivity index (χ0n) is 11.1. The highest BCUT2D eigenvalue weighted by Crippen LogP contribution is 2.24. The first-order valence-electron chi connectivity index (χ1n) is 6.64. The lowest BCUT2D eigenvalue weighted by Crippen LogP contribution is -2.26. The van der Waals surface area contributed by atoms with Crippen molar-refractivity contribution in [2.24, 2.45) is 0 Å². The summed E-state index contributed by atoms with van der Waals surface area (Å²) in [4.78, 5) is 11.8. The highest BCUT2D eigenvalue weighted by molar-refractivity contribution is 5.78. The summed E-state index contributed by atoms with van der Waals surface area (Å²) < 4.78 is 5.41. The zero-order valence-corrected chi connectivity index (χ0v) is 11.1. The summed E-state index contributed by atoms with van der Waals surface area (Å²) in [6.07, 6.45) is 2.33. The van der Waals surface area contributed by atoms with Crippen molar-refractivity contribution in [3.63, 3.8) is 0 Å². The van der Waals surface area contributed by atoms with E-state index in [4.69, 9.17) is 4.74 Å². The van der Waals surface area contributed by atoms with E-state index in [1.165, 1.54) is 0 Å². The van der Waals surface area contributed by atoms with Gasteiger partial charge in [-0.05, 0) is 37.5 Å². The Morgan fingerprint density at radius 2 is 2.37 bits per heavy atom. The van der Waals surface area contributed by atoms with E-state index in [9.17, 15) is 10.1 Å². The topological polar surface area (TPSA) is 62.1 Å². The average Bonchev–Trinajstić information content (AvgIpc) is 3.20. The summed E-state index contributed by atoms with van der Waals surface area (Å²) in [7, 11) is 0. The van der Waals surface area contributed by atoms with Gasteiger partial charge in [0.25, 0.3) is 0 Å². The molecule has 1 aromatic rings. The first kappa shape index (κ1) is 13.4. The number of rotatable bonds is 6.